The summed E-state index contributed by atoms with van der Waals surface area (Å²) in [6, 6.07) is 8.14. The third kappa shape index (κ3) is 6.01. The van der Waals surface area contributed by atoms with E-state index in [0.717, 1.165) is 6.07 Å². The lowest BCUT2D eigenvalue weighted by atomic mass is 10.1. The van der Waals surface area contributed by atoms with Crippen LogP contribution in [0.25, 0.3) is 0 Å². The van der Waals surface area contributed by atoms with Crippen molar-refractivity contribution in [3.05, 3.63) is 62.0 Å². The van der Waals surface area contributed by atoms with Crippen LogP contribution in [0.2, 0.25) is 0 Å². The first-order chi connectivity index (χ1) is 13.1. The number of alkyl halides is 3. The average molecular weight is 539 g/mol. The predicted molar refractivity (Wildman–Crippen MR) is 110 cm³/mol. The molecule has 2 aromatic rings. The highest BCUT2D eigenvalue weighted by Crippen LogP contribution is 2.32. The van der Waals surface area contributed by atoms with Crippen molar-refractivity contribution in [1.82, 2.24) is 10.7 Å². The smallest absolute Gasteiger partial charge is 0.416 e. The molecule has 0 fully saturated rings. The van der Waals surface area contributed by atoms with Gasteiger partial charge in [0.25, 0.3) is 5.91 Å². The fourth-order valence-corrected chi connectivity index (χ4v) is 3.49. The van der Waals surface area contributed by atoms with E-state index >= 15 is 0 Å². The van der Waals surface area contributed by atoms with Gasteiger partial charge in [0.2, 0.25) is 0 Å². The van der Waals surface area contributed by atoms with Crippen LogP contribution in [0.4, 0.5) is 13.2 Å². The molecule has 0 radical (unpaired) electrons. The zero-order valence-electron chi connectivity index (χ0n) is 13.8. The molecule has 0 heterocycles. The predicted octanol–water partition coefficient (Wildman–Crippen LogP) is 4.50. The number of benzene rings is 2. The third-order valence-corrected chi connectivity index (χ3v) is 4.73. The Kier molecular flexibility index (Phi) is 7.55. The topological polar surface area (TPSA) is 73.7 Å². The highest BCUT2D eigenvalue weighted by molar-refractivity contribution is 9.11. The fraction of sp³-hybridized carbons (Fsp3) is 0.118. The van der Waals surface area contributed by atoms with Crippen LogP contribution in [0.5, 0.6) is 5.75 Å². The Labute approximate surface area is 180 Å². The summed E-state index contributed by atoms with van der Waals surface area (Å²) in [5.41, 5.74) is 1.73. The molecule has 0 unspecified atom stereocenters. The molecule has 2 rings (SSSR count). The molecule has 0 aliphatic carbocycles. The first-order valence-electron chi connectivity index (χ1n) is 7.54. The summed E-state index contributed by atoms with van der Waals surface area (Å²) in [6.45, 7) is -0.348. The Morgan fingerprint density at radius 1 is 1.25 bits per heavy atom. The second-order valence-electron chi connectivity index (χ2n) is 5.36. The van der Waals surface area contributed by atoms with Crippen molar-refractivity contribution in [3.8, 4) is 5.75 Å². The van der Waals surface area contributed by atoms with Crippen molar-refractivity contribution in [3.63, 3.8) is 0 Å². The number of halogens is 5. The monoisotopic (exact) mass is 537 g/mol. The van der Waals surface area contributed by atoms with Gasteiger partial charge in [-0.1, -0.05) is 46.3 Å². The molecule has 148 valence electrons. The van der Waals surface area contributed by atoms with E-state index in [2.05, 4.69) is 47.7 Å². The van der Waals surface area contributed by atoms with Gasteiger partial charge in [0.15, 0.2) is 4.99 Å². The number of nitrogens with one attached hydrogen (secondary N) is 2. The van der Waals surface area contributed by atoms with Gasteiger partial charge in [-0.05, 0) is 39.7 Å². The average Bonchev–Trinajstić information content (AvgIpc) is 2.62. The molecule has 3 N–H and O–H groups in total. The van der Waals surface area contributed by atoms with Crippen molar-refractivity contribution in [1.29, 1.82) is 0 Å². The number of hydrogen-bond donors (Lipinski definition) is 3. The molecule has 0 aliphatic rings. The molecule has 28 heavy (non-hydrogen) atoms. The summed E-state index contributed by atoms with van der Waals surface area (Å²) in [6.07, 6.45) is -3.28. The number of carbonyl (C=O) groups is 1. The fourth-order valence-electron chi connectivity index (χ4n) is 2.10. The number of hydrazone groups is 1. The molecular weight excluding hydrogens is 527 g/mol. The maximum absolute atomic E-state index is 13.0. The van der Waals surface area contributed by atoms with E-state index in [0.29, 0.717) is 14.5 Å². The first-order valence-corrected chi connectivity index (χ1v) is 9.53. The maximum Gasteiger partial charge on any atom is 0.416 e. The largest absolute Gasteiger partial charge is 0.506 e. The second-order valence-corrected chi connectivity index (χ2v) is 7.54. The van der Waals surface area contributed by atoms with Crippen molar-refractivity contribution >= 4 is 61.2 Å². The number of aromatic hydroxyl groups is 1. The van der Waals surface area contributed by atoms with E-state index in [1.807, 2.05) is 0 Å². The van der Waals surface area contributed by atoms with Crippen molar-refractivity contribution < 1.29 is 23.1 Å². The molecule has 2 aromatic carbocycles. The summed E-state index contributed by atoms with van der Waals surface area (Å²) in [7, 11) is 0. The molecule has 0 atom stereocenters. The number of thiocarbonyl (C=S) groups is 1. The Balaban J connectivity index is 1.97. The minimum Gasteiger partial charge on any atom is -0.506 e. The molecule has 0 saturated carbocycles. The number of nitrogens with zero attached hydrogens (tertiary/aromatic N) is 1. The molecule has 1 amide bonds. The third-order valence-electron chi connectivity index (χ3n) is 3.40. The molecule has 0 aromatic heterocycles. The highest BCUT2D eigenvalue weighted by Gasteiger charge is 2.32. The number of rotatable bonds is 4. The van der Waals surface area contributed by atoms with E-state index in [4.69, 9.17) is 12.2 Å². The lowest BCUT2D eigenvalue weighted by Crippen LogP contribution is -2.36. The molecule has 5 nitrogen and oxygen atoms in total. The Hall–Kier alpha value is -1.98. The van der Waals surface area contributed by atoms with Crippen LogP contribution < -0.4 is 10.7 Å². The normalized spacial score (nSPS) is 11.5. The molecule has 0 aliphatic heterocycles. The molecule has 0 saturated heterocycles. The lowest BCUT2D eigenvalue weighted by molar-refractivity contribution is -0.138. The van der Waals surface area contributed by atoms with Crippen LogP contribution in [0.15, 0.2) is 50.4 Å². The standard InChI is InChI=1S/C17H12Br2F3N3O2S/c18-11-5-10(14(26)13(19)6-11)8-24-25-16(28)15(27)23-7-9-3-1-2-4-12(9)17(20,21)22/h1-6,8,26H,7H2,(H,23,27)(H,25,28)/b24-8+. The zero-order chi connectivity index (χ0) is 20.9. The van der Waals surface area contributed by atoms with Crippen LogP contribution in [0.3, 0.4) is 0 Å². The van der Waals surface area contributed by atoms with Crippen LogP contribution in [0, 0.1) is 0 Å². The molecular formula is C17H12Br2F3N3O2S. The second kappa shape index (κ2) is 9.48. The summed E-state index contributed by atoms with van der Waals surface area (Å²) in [5.74, 6) is -0.850. The summed E-state index contributed by atoms with van der Waals surface area (Å²) in [4.78, 5) is 11.6. The van der Waals surface area contributed by atoms with Gasteiger partial charge >= 0.3 is 6.18 Å². The van der Waals surface area contributed by atoms with Crippen molar-refractivity contribution in [2.24, 2.45) is 5.10 Å². The minimum absolute atomic E-state index is 0.0622. The SMILES string of the molecule is O=C(NCc1ccccc1C(F)(F)F)C(=S)N/N=C/c1cc(Br)cc(Br)c1O. The van der Waals surface area contributed by atoms with Gasteiger partial charge < -0.3 is 10.4 Å². The van der Waals surface area contributed by atoms with E-state index in [-0.39, 0.29) is 22.8 Å². The van der Waals surface area contributed by atoms with E-state index in [9.17, 15) is 23.1 Å². The summed E-state index contributed by atoms with van der Waals surface area (Å²) in [5, 5.41) is 16.0. The van der Waals surface area contributed by atoms with Gasteiger partial charge in [-0.3, -0.25) is 10.2 Å². The van der Waals surface area contributed by atoms with Crippen LogP contribution in [-0.2, 0) is 17.5 Å². The van der Waals surface area contributed by atoms with Crippen molar-refractivity contribution in [2.75, 3.05) is 0 Å². The summed E-state index contributed by atoms with van der Waals surface area (Å²) < 4.78 is 40.0. The van der Waals surface area contributed by atoms with Gasteiger partial charge in [-0.15, -0.1) is 0 Å². The maximum atomic E-state index is 13.0. The summed E-state index contributed by atoms with van der Waals surface area (Å²) >= 11 is 11.3. The Morgan fingerprint density at radius 2 is 1.93 bits per heavy atom. The quantitative estimate of drug-likeness (QED) is 0.304. The van der Waals surface area contributed by atoms with Gasteiger partial charge in [-0.2, -0.15) is 18.3 Å². The number of hydrogen-bond acceptors (Lipinski definition) is 4. The molecule has 11 heteroatoms. The lowest BCUT2D eigenvalue weighted by Gasteiger charge is -2.13. The van der Waals surface area contributed by atoms with Gasteiger partial charge in [-0.25, -0.2) is 0 Å². The number of amides is 1. The van der Waals surface area contributed by atoms with E-state index in [1.54, 1.807) is 12.1 Å². The molecule has 0 spiro atoms. The van der Waals surface area contributed by atoms with Crippen molar-refractivity contribution in [2.45, 2.75) is 12.7 Å². The number of carbonyl (C=O) groups excluding carboxylic acids is 1. The van der Waals surface area contributed by atoms with E-state index in [1.165, 1.54) is 24.4 Å². The minimum atomic E-state index is -4.52. The van der Waals surface area contributed by atoms with Gasteiger partial charge in [0.1, 0.15) is 5.75 Å². The Bertz CT molecular complexity index is 936. The zero-order valence-corrected chi connectivity index (χ0v) is 17.8. The first kappa shape index (κ1) is 22.3. The highest BCUT2D eigenvalue weighted by atomic mass is 79.9. The molecule has 0 bridgehead atoms. The van der Waals surface area contributed by atoms with Crippen LogP contribution in [0.1, 0.15) is 16.7 Å². The number of phenolic OH excluding ortho intramolecular Hbond substituents is 1. The Morgan fingerprint density at radius 3 is 2.61 bits per heavy atom. The number of phenols is 1. The van der Waals surface area contributed by atoms with Crippen LogP contribution >= 0.6 is 44.1 Å². The van der Waals surface area contributed by atoms with Gasteiger partial charge in [0, 0.05) is 16.6 Å². The van der Waals surface area contributed by atoms with Crippen LogP contribution in [-0.4, -0.2) is 22.2 Å². The van der Waals surface area contributed by atoms with E-state index < -0.39 is 17.6 Å². The van der Waals surface area contributed by atoms with Gasteiger partial charge in [0.05, 0.1) is 16.3 Å².